The summed E-state index contributed by atoms with van der Waals surface area (Å²) in [7, 11) is 0. The number of amides is 1. The van der Waals surface area contributed by atoms with Gasteiger partial charge >= 0.3 is 0 Å². The third kappa shape index (κ3) is 4.18. The summed E-state index contributed by atoms with van der Waals surface area (Å²) in [5.74, 6) is -0.182. The smallest absolute Gasteiger partial charge is 0.252 e. The summed E-state index contributed by atoms with van der Waals surface area (Å²) in [6.07, 6.45) is 0.756. The molecule has 1 heterocycles. The molecule has 1 aromatic rings. The summed E-state index contributed by atoms with van der Waals surface area (Å²) in [6, 6.07) is 6.95. The molecule has 6 heteroatoms. The van der Waals surface area contributed by atoms with E-state index in [1.165, 1.54) is 0 Å². The van der Waals surface area contributed by atoms with Gasteiger partial charge in [0.25, 0.3) is 5.91 Å². The van der Waals surface area contributed by atoms with Crippen molar-refractivity contribution < 1.29 is 9.90 Å². The lowest BCUT2D eigenvalue weighted by Crippen LogP contribution is -2.44. The van der Waals surface area contributed by atoms with Crippen LogP contribution in [0.25, 0.3) is 0 Å². The van der Waals surface area contributed by atoms with Crippen LogP contribution in [0.15, 0.2) is 24.3 Å². The zero-order valence-corrected chi connectivity index (χ0v) is 12.0. The fraction of sp³-hybridized carbons (Fsp3) is 0.500. The zero-order valence-electron chi connectivity index (χ0n) is 11.3. The molecule has 1 amide bonds. The Bertz CT molecular complexity index is 461. The Morgan fingerprint density at radius 2 is 2.20 bits per heavy atom. The molecule has 5 nitrogen and oxygen atoms in total. The van der Waals surface area contributed by atoms with E-state index in [-0.39, 0.29) is 5.91 Å². The highest BCUT2D eigenvalue weighted by atomic mass is 35.5. The molecule has 110 valence electrons. The SMILES string of the molecule is O=C(NCCNCC1(O)CCNC1)c1ccccc1Cl. The predicted octanol–water partition coefficient (Wildman–Crippen LogP) is 0.384. The minimum Gasteiger partial charge on any atom is -0.387 e. The second-order valence-electron chi connectivity index (χ2n) is 5.06. The van der Waals surface area contributed by atoms with E-state index in [2.05, 4.69) is 16.0 Å². The molecule has 4 N–H and O–H groups in total. The molecule has 1 aliphatic rings. The van der Waals surface area contributed by atoms with E-state index < -0.39 is 5.60 Å². The van der Waals surface area contributed by atoms with Crippen molar-refractivity contribution in [3.63, 3.8) is 0 Å². The van der Waals surface area contributed by atoms with Gasteiger partial charge in [0.05, 0.1) is 16.2 Å². The minimum absolute atomic E-state index is 0.182. The molecule has 20 heavy (non-hydrogen) atoms. The molecule has 1 atom stereocenters. The van der Waals surface area contributed by atoms with Gasteiger partial charge in [0.15, 0.2) is 0 Å². The molecule has 1 saturated heterocycles. The van der Waals surface area contributed by atoms with Crippen LogP contribution >= 0.6 is 11.6 Å². The molecule has 1 unspecified atom stereocenters. The second kappa shape index (κ2) is 7.04. The molecular formula is C14H20ClN3O2. The summed E-state index contributed by atoms with van der Waals surface area (Å²) < 4.78 is 0. The molecule has 1 fully saturated rings. The zero-order chi connectivity index (χ0) is 14.4. The van der Waals surface area contributed by atoms with Crippen molar-refractivity contribution in [2.24, 2.45) is 0 Å². The molecular weight excluding hydrogens is 278 g/mol. The number of carbonyl (C=O) groups is 1. The van der Waals surface area contributed by atoms with Crippen LogP contribution in [0, 0.1) is 0 Å². The second-order valence-corrected chi connectivity index (χ2v) is 5.47. The van der Waals surface area contributed by atoms with Crippen LogP contribution in [-0.4, -0.2) is 49.3 Å². The maximum Gasteiger partial charge on any atom is 0.252 e. The van der Waals surface area contributed by atoms with Gasteiger partial charge in [0.1, 0.15) is 0 Å². The van der Waals surface area contributed by atoms with Crippen LogP contribution in [-0.2, 0) is 0 Å². The van der Waals surface area contributed by atoms with Crippen molar-refractivity contribution >= 4 is 17.5 Å². The molecule has 2 rings (SSSR count). The Morgan fingerprint density at radius 1 is 1.40 bits per heavy atom. The summed E-state index contributed by atoms with van der Waals surface area (Å²) in [4.78, 5) is 11.9. The van der Waals surface area contributed by atoms with Gasteiger partial charge in [-0.25, -0.2) is 0 Å². The molecule has 1 aromatic carbocycles. The average molecular weight is 298 g/mol. The average Bonchev–Trinajstić information content (AvgIpc) is 2.86. The largest absolute Gasteiger partial charge is 0.387 e. The van der Waals surface area contributed by atoms with Crippen LogP contribution in [0.4, 0.5) is 0 Å². The van der Waals surface area contributed by atoms with Crippen LogP contribution < -0.4 is 16.0 Å². The van der Waals surface area contributed by atoms with Crippen LogP contribution in [0.5, 0.6) is 0 Å². The first kappa shape index (κ1) is 15.3. The van der Waals surface area contributed by atoms with E-state index in [1.807, 2.05) is 0 Å². The van der Waals surface area contributed by atoms with Crippen molar-refractivity contribution in [3.05, 3.63) is 34.9 Å². The number of halogens is 1. The molecule has 1 aliphatic heterocycles. The lowest BCUT2D eigenvalue weighted by atomic mass is 10.0. The van der Waals surface area contributed by atoms with Gasteiger partial charge in [-0.1, -0.05) is 23.7 Å². The third-order valence-corrected chi connectivity index (χ3v) is 3.71. The molecule has 0 aromatic heterocycles. The highest BCUT2D eigenvalue weighted by Gasteiger charge is 2.30. The lowest BCUT2D eigenvalue weighted by Gasteiger charge is -2.21. The number of carbonyl (C=O) groups excluding carboxylic acids is 1. The van der Waals surface area contributed by atoms with E-state index in [0.29, 0.717) is 36.8 Å². The molecule has 0 aliphatic carbocycles. The minimum atomic E-state index is -0.660. The van der Waals surface area contributed by atoms with E-state index in [4.69, 9.17) is 11.6 Å². The van der Waals surface area contributed by atoms with Crippen molar-refractivity contribution in [2.45, 2.75) is 12.0 Å². The molecule has 0 radical (unpaired) electrons. The van der Waals surface area contributed by atoms with Gasteiger partial charge in [-0.15, -0.1) is 0 Å². The summed E-state index contributed by atoms with van der Waals surface area (Å²) >= 11 is 5.95. The maximum absolute atomic E-state index is 11.9. The first-order valence-electron chi connectivity index (χ1n) is 6.77. The van der Waals surface area contributed by atoms with Crippen molar-refractivity contribution in [3.8, 4) is 0 Å². The summed E-state index contributed by atoms with van der Waals surface area (Å²) in [6.45, 7) is 3.10. The molecule has 0 spiro atoms. The summed E-state index contributed by atoms with van der Waals surface area (Å²) in [5, 5.41) is 19.6. The molecule has 0 bridgehead atoms. The first-order valence-corrected chi connectivity index (χ1v) is 7.15. The fourth-order valence-corrected chi connectivity index (χ4v) is 2.43. The predicted molar refractivity (Wildman–Crippen MR) is 79.1 cm³/mol. The van der Waals surface area contributed by atoms with E-state index in [1.54, 1.807) is 24.3 Å². The van der Waals surface area contributed by atoms with E-state index in [9.17, 15) is 9.90 Å². The topological polar surface area (TPSA) is 73.4 Å². The Morgan fingerprint density at radius 3 is 2.90 bits per heavy atom. The Kier molecular flexibility index (Phi) is 5.37. The lowest BCUT2D eigenvalue weighted by molar-refractivity contribution is 0.0614. The number of aliphatic hydroxyl groups is 1. The number of benzene rings is 1. The number of rotatable bonds is 6. The molecule has 0 saturated carbocycles. The highest BCUT2D eigenvalue weighted by Crippen LogP contribution is 2.14. The van der Waals surface area contributed by atoms with E-state index >= 15 is 0 Å². The third-order valence-electron chi connectivity index (χ3n) is 3.38. The van der Waals surface area contributed by atoms with Gasteiger partial charge in [-0.2, -0.15) is 0 Å². The Hall–Kier alpha value is -1.14. The van der Waals surface area contributed by atoms with Gasteiger partial charge < -0.3 is 21.1 Å². The first-order chi connectivity index (χ1) is 9.61. The van der Waals surface area contributed by atoms with Crippen LogP contribution in [0.1, 0.15) is 16.8 Å². The maximum atomic E-state index is 11.9. The van der Waals surface area contributed by atoms with Crippen LogP contribution in [0.2, 0.25) is 5.02 Å². The monoisotopic (exact) mass is 297 g/mol. The Labute approximate surface area is 123 Å². The summed E-state index contributed by atoms with van der Waals surface area (Å²) in [5.41, 5.74) is -0.181. The quantitative estimate of drug-likeness (QED) is 0.573. The van der Waals surface area contributed by atoms with Crippen LogP contribution in [0.3, 0.4) is 0 Å². The standard InChI is InChI=1S/C14H20ClN3O2/c15-12-4-2-1-3-11(12)13(19)18-8-7-17-10-14(20)5-6-16-9-14/h1-4,16-17,20H,5-10H2,(H,18,19). The van der Waals surface area contributed by atoms with Gasteiger partial charge in [0, 0.05) is 26.2 Å². The van der Waals surface area contributed by atoms with Gasteiger partial charge in [0.2, 0.25) is 0 Å². The normalized spacial score (nSPS) is 21.9. The number of nitrogens with one attached hydrogen (secondary N) is 3. The highest BCUT2D eigenvalue weighted by molar-refractivity contribution is 6.33. The fourth-order valence-electron chi connectivity index (χ4n) is 2.21. The number of hydrogen-bond donors (Lipinski definition) is 4. The van der Waals surface area contributed by atoms with Crippen molar-refractivity contribution in [1.82, 2.24) is 16.0 Å². The van der Waals surface area contributed by atoms with Gasteiger partial charge in [-0.3, -0.25) is 4.79 Å². The Balaban J connectivity index is 1.66. The number of hydrogen-bond acceptors (Lipinski definition) is 4. The van der Waals surface area contributed by atoms with Gasteiger partial charge in [-0.05, 0) is 25.1 Å². The van der Waals surface area contributed by atoms with E-state index in [0.717, 1.165) is 13.0 Å². The number of β-amino-alcohol motifs (C(OH)–C–C–N with tert-alkyl or cyclic N) is 1. The van der Waals surface area contributed by atoms with Crippen molar-refractivity contribution in [1.29, 1.82) is 0 Å². The van der Waals surface area contributed by atoms with Crippen molar-refractivity contribution in [2.75, 3.05) is 32.7 Å².